The zero-order valence-corrected chi connectivity index (χ0v) is 50.3. The fraction of sp³-hybridized carbons (Fsp3) is 0.729. The van der Waals surface area contributed by atoms with E-state index in [0.29, 0.717) is 37.2 Å². The second kappa shape index (κ2) is 26.9. The molecule has 6 heterocycles. The Bertz CT molecular complexity index is 2590. The first-order valence-electron chi connectivity index (χ1n) is 28.4. The van der Waals surface area contributed by atoms with Crippen molar-refractivity contribution in [2.24, 2.45) is 29.6 Å². The molecule has 0 radical (unpaired) electrons. The van der Waals surface area contributed by atoms with Crippen LogP contribution >= 0.6 is 0 Å². The van der Waals surface area contributed by atoms with E-state index in [2.05, 4.69) is 22.6 Å². The molecule has 1 aromatic carbocycles. The van der Waals surface area contributed by atoms with E-state index in [-0.39, 0.29) is 37.5 Å². The maximum absolute atomic E-state index is 15.0. The summed E-state index contributed by atoms with van der Waals surface area (Å²) in [7, 11) is 6.63. The van der Waals surface area contributed by atoms with Crippen LogP contribution in [0.15, 0.2) is 48.8 Å². The number of ketones is 1. The molecule has 4 saturated heterocycles. The van der Waals surface area contributed by atoms with E-state index in [1.165, 1.54) is 11.8 Å². The molecule has 21 nitrogen and oxygen atoms in total. The number of alkyl halides is 1. The normalized spacial score (nSPS) is 36.8. The predicted molar refractivity (Wildman–Crippen MR) is 297 cm³/mol. The first-order chi connectivity index (χ1) is 37.8. The largest absolute Gasteiger partial charge is 0.458 e. The number of fused-ring (bicyclic) bond motifs is 1. The molecule has 4 aliphatic rings. The molecule has 0 saturated carbocycles. The fourth-order valence-corrected chi connectivity index (χ4v) is 12.9. The van der Waals surface area contributed by atoms with Crippen LogP contribution in [-0.4, -0.2) is 173 Å². The number of carbonyl (C=O) groups is 3. The van der Waals surface area contributed by atoms with Gasteiger partial charge < -0.3 is 63.4 Å². The van der Waals surface area contributed by atoms with Gasteiger partial charge in [-0.1, -0.05) is 64.1 Å². The van der Waals surface area contributed by atoms with Crippen molar-refractivity contribution >= 4 is 17.8 Å². The van der Waals surface area contributed by atoms with Gasteiger partial charge >= 0.3 is 12.1 Å². The molecule has 2 aromatic heterocycles. The van der Waals surface area contributed by atoms with Gasteiger partial charge in [0.2, 0.25) is 11.9 Å². The van der Waals surface area contributed by atoms with E-state index in [1.54, 1.807) is 54.3 Å². The maximum atomic E-state index is 15.0. The number of methoxy groups -OCH3 is 3. The first kappa shape index (κ1) is 65.4. The second-order valence-electron chi connectivity index (χ2n) is 23.9. The minimum Gasteiger partial charge on any atom is -0.458 e. The Balaban J connectivity index is 0.00000616. The van der Waals surface area contributed by atoms with Crippen LogP contribution in [0.3, 0.4) is 0 Å². The third-order valence-corrected chi connectivity index (χ3v) is 18.5. The van der Waals surface area contributed by atoms with Gasteiger partial charge in [-0.3, -0.25) is 14.8 Å². The summed E-state index contributed by atoms with van der Waals surface area (Å²) in [6.45, 7) is 22.0. The van der Waals surface area contributed by atoms with Crippen LogP contribution in [0.4, 0.5) is 9.18 Å². The average molecular weight is 1150 g/mol. The molecular weight excluding hydrogens is 1050 g/mol. The van der Waals surface area contributed by atoms with Crippen molar-refractivity contribution in [2.45, 2.75) is 205 Å². The highest BCUT2D eigenvalue weighted by Gasteiger charge is 2.58. The van der Waals surface area contributed by atoms with Gasteiger partial charge in [-0.25, -0.2) is 13.9 Å². The fourth-order valence-electron chi connectivity index (χ4n) is 12.9. The lowest BCUT2D eigenvalue weighted by Gasteiger charge is -2.50. The molecule has 0 unspecified atom stereocenters. The minimum absolute atomic E-state index is 0. The lowest BCUT2D eigenvalue weighted by molar-refractivity contribution is -0.908. The summed E-state index contributed by atoms with van der Waals surface area (Å²) < 4.78 is 75.6. The molecule has 81 heavy (non-hydrogen) atoms. The van der Waals surface area contributed by atoms with E-state index in [4.69, 9.17) is 42.6 Å². The van der Waals surface area contributed by atoms with E-state index >= 15 is 4.39 Å². The van der Waals surface area contributed by atoms with Gasteiger partial charge in [0.1, 0.15) is 36.8 Å². The molecule has 0 aliphatic carbocycles. The number of hydrogen-bond donors (Lipinski definition) is 3. The number of ether oxygens (including phenoxy) is 9. The third kappa shape index (κ3) is 13.8. The zero-order valence-electron chi connectivity index (χ0n) is 50.3. The van der Waals surface area contributed by atoms with Crippen molar-refractivity contribution in [3.8, 4) is 11.1 Å². The summed E-state index contributed by atoms with van der Waals surface area (Å²) >= 11 is 0. The number of benzene rings is 1. The van der Waals surface area contributed by atoms with Crippen LogP contribution < -0.4 is 10.0 Å². The second-order valence-corrected chi connectivity index (χ2v) is 23.9. The van der Waals surface area contributed by atoms with Crippen LogP contribution in [0.2, 0.25) is 0 Å². The monoisotopic (exact) mass is 1150 g/mol. The number of nitrogens with zero attached hydrogens (tertiary/aromatic N) is 5. The molecule has 1 amide bonds. The third-order valence-electron chi connectivity index (χ3n) is 18.5. The molecule has 5 N–H and O–H groups in total. The number of amides is 1. The molecule has 20 atom stereocenters. The molecule has 4 aliphatic heterocycles. The Kier molecular flexibility index (Phi) is 21.7. The number of aliphatic hydroxyl groups excluding tert-OH is 1. The summed E-state index contributed by atoms with van der Waals surface area (Å²) in [5.41, 5.74) is 0.400. The Morgan fingerprint density at radius 3 is 2.22 bits per heavy atom. The van der Waals surface area contributed by atoms with E-state index in [0.717, 1.165) is 21.4 Å². The van der Waals surface area contributed by atoms with Crippen molar-refractivity contribution in [1.82, 2.24) is 25.2 Å². The van der Waals surface area contributed by atoms with Crippen molar-refractivity contribution in [3.05, 3.63) is 65.7 Å². The molecule has 22 heteroatoms. The smallest absolute Gasteiger partial charge is 0.408 e. The standard InChI is InChI=1S/C59H89FN6O14.H2O.H2/c1-17-46-59(12)52(61-56(70)80-59)35(5)48(67)32(2)27-58(11,74-16)53(36(6)50(37(7)54(69)77-46)78-47-28-57(10,73-15)38(8)39(9)76-47)79-55-49(68)44(26-34(4)75-55)64(13)25-24-43-31-65(63-62-43)45(29-60)51(72-14)41-22-20-40(21-23-41)42-19-18-33(3)66(71)30-42;;/h18-23,30-32,34-39,44-47,49-53,55,68H,17,24-29H2,1-16H3,(H-,61,70,71);1H2;1H/p+1/t32-,34-,35+,36+,37-,38+,39+,44+,45-,46-,47+,49-,50+,51-,52-,53-,55+,57-,58-,59-;;/m1../s1. The number of hydrogen-bond acceptors (Lipinski definition) is 17. The number of esters is 1. The topological polar surface area (TPSA) is 256 Å². The van der Waals surface area contributed by atoms with Gasteiger partial charge in [0.25, 0.3) is 0 Å². The van der Waals surface area contributed by atoms with Crippen molar-refractivity contribution in [3.63, 3.8) is 0 Å². The number of aliphatic hydroxyl groups is 1. The van der Waals surface area contributed by atoms with Crippen molar-refractivity contribution in [1.29, 1.82) is 0 Å². The van der Waals surface area contributed by atoms with Crippen molar-refractivity contribution in [2.75, 3.05) is 41.6 Å². The Morgan fingerprint density at radius 2 is 1.60 bits per heavy atom. The number of pyridine rings is 1. The summed E-state index contributed by atoms with van der Waals surface area (Å²) in [6, 6.07) is 9.13. The summed E-state index contributed by atoms with van der Waals surface area (Å²) in [6.07, 6.45) is -3.38. The van der Waals surface area contributed by atoms with Gasteiger partial charge in [0, 0.05) is 95.8 Å². The average Bonchev–Trinajstić information content (AvgIpc) is 4.16. The quantitative estimate of drug-likeness (QED) is 0.0741. The number of aryl methyl sites for hydroxylation is 1. The molecular formula is C59H94FN6O15+. The van der Waals surface area contributed by atoms with Crippen molar-refractivity contribution < 1.29 is 83.4 Å². The lowest BCUT2D eigenvalue weighted by Crippen LogP contribution is -2.61. The van der Waals surface area contributed by atoms with Gasteiger partial charge in [0.05, 0.1) is 58.8 Å². The highest BCUT2D eigenvalue weighted by atomic mass is 19.1. The number of Topliss-reactive ketones (excluding diaryl/α,β-unsaturated/α-hetero) is 1. The van der Waals surface area contributed by atoms with E-state index in [1.807, 2.05) is 96.8 Å². The predicted octanol–water partition coefficient (Wildman–Crippen LogP) is 6.49. The molecule has 4 fully saturated rings. The number of carbonyl (C=O) groups excluding carboxylic acids is 3. The van der Waals surface area contributed by atoms with Crippen LogP contribution in [0.25, 0.3) is 11.1 Å². The number of halogens is 1. The highest BCUT2D eigenvalue weighted by molar-refractivity contribution is 5.85. The Labute approximate surface area is 478 Å². The van der Waals surface area contributed by atoms with Crippen LogP contribution in [0.5, 0.6) is 0 Å². The number of likely N-dealkylation sites (N-methyl/N-ethyl adjacent to an activating group) is 1. The number of nitrogens with one attached hydrogen (secondary N) is 1. The zero-order chi connectivity index (χ0) is 58.8. The summed E-state index contributed by atoms with van der Waals surface area (Å²) in [5.74, 6) is -3.95. The number of cyclic esters (lactones) is 1. The SMILES string of the molecule is CC[C@H]1OC(=O)[C@H](C)[C@@H](O[C@H]2C[C@@](C)(OC)[C@@H](C)[C@H](C)O2)[C@H](C)[C@@H](O[C@@H]2O[C@H](C)C[C@H](N(C)CCc3cn([C@H](CF)[C@H](OC)c4ccc(-c5ccc(C)[n+](O)c5)cc4)nn3)[C@H]2O)[C@](C)(OC)C[C@@H](C)C(=O)[C@H](C)[C@H]2NC(=O)O[C@@]21C.O.[HH]. The molecule has 456 valence electrons. The number of rotatable bonds is 17. The Morgan fingerprint density at radius 1 is 0.938 bits per heavy atom. The number of aromatic nitrogens is 4. The minimum atomic E-state index is -1.39. The Hall–Kier alpha value is -4.75. The molecule has 0 bridgehead atoms. The molecule has 7 rings (SSSR count). The van der Waals surface area contributed by atoms with E-state index in [9.17, 15) is 24.7 Å². The van der Waals surface area contributed by atoms with Gasteiger partial charge in [-0.15, -0.1) is 5.10 Å². The summed E-state index contributed by atoms with van der Waals surface area (Å²) in [4.78, 5) is 44.6. The van der Waals surface area contributed by atoms with Gasteiger partial charge in [0.15, 0.2) is 18.2 Å². The van der Waals surface area contributed by atoms with Crippen LogP contribution in [-0.2, 0) is 58.6 Å². The van der Waals surface area contributed by atoms with Gasteiger partial charge in [-0.05, 0) is 85.0 Å². The summed E-state index contributed by atoms with van der Waals surface area (Å²) in [5, 5.41) is 34.3. The van der Waals surface area contributed by atoms with Gasteiger partial charge in [-0.2, -0.15) is 0 Å². The maximum Gasteiger partial charge on any atom is 0.408 e. The first-order valence-corrected chi connectivity index (χ1v) is 28.4. The lowest BCUT2D eigenvalue weighted by atomic mass is 9.73. The highest BCUT2D eigenvalue weighted by Crippen LogP contribution is 2.44. The van der Waals surface area contributed by atoms with E-state index < -0.39 is 127 Å². The number of alkyl carbamates (subject to hydrolysis) is 1. The van der Waals surface area contributed by atoms with Crippen LogP contribution in [0.1, 0.15) is 132 Å². The molecule has 0 spiro atoms. The molecule has 3 aromatic rings. The van der Waals surface area contributed by atoms with Crippen LogP contribution in [0, 0.1) is 36.5 Å².